The van der Waals surface area contributed by atoms with E-state index in [9.17, 15) is 4.79 Å². The first-order chi connectivity index (χ1) is 9.31. The van der Waals surface area contributed by atoms with Crippen LogP contribution in [-0.4, -0.2) is 10.9 Å². The smallest absolute Gasteiger partial charge is 0.230 e. The molecule has 2 unspecified atom stereocenters. The van der Waals surface area contributed by atoms with Crippen LogP contribution >= 0.6 is 11.3 Å². The number of fused-ring (bicyclic) bond motifs is 1. The van der Waals surface area contributed by atoms with Crippen molar-refractivity contribution in [3.63, 3.8) is 0 Å². The summed E-state index contributed by atoms with van der Waals surface area (Å²) in [6.45, 7) is 0. The number of furan rings is 1. The minimum absolute atomic E-state index is 0.0462. The van der Waals surface area contributed by atoms with Crippen molar-refractivity contribution in [3.8, 4) is 0 Å². The molecule has 0 aliphatic heterocycles. The topological polar surface area (TPSA) is 55.1 Å². The molecule has 2 aliphatic carbocycles. The third kappa shape index (κ3) is 1.98. The summed E-state index contributed by atoms with van der Waals surface area (Å²) in [7, 11) is 0. The van der Waals surface area contributed by atoms with Crippen LogP contribution < -0.4 is 5.32 Å². The van der Waals surface area contributed by atoms with Gasteiger partial charge in [-0.15, -0.1) is 11.3 Å². The lowest BCUT2D eigenvalue weighted by Gasteiger charge is -2.00. The molecule has 0 saturated heterocycles. The van der Waals surface area contributed by atoms with Crippen LogP contribution in [0.1, 0.15) is 35.1 Å². The van der Waals surface area contributed by atoms with Gasteiger partial charge in [0.15, 0.2) is 5.13 Å². The van der Waals surface area contributed by atoms with Gasteiger partial charge in [0.2, 0.25) is 5.91 Å². The molecule has 1 amide bonds. The molecular formula is C14H14N2O2S. The first-order valence-corrected chi connectivity index (χ1v) is 7.46. The molecule has 0 bridgehead atoms. The van der Waals surface area contributed by atoms with E-state index in [1.165, 1.54) is 17.0 Å². The largest absolute Gasteiger partial charge is 0.469 e. The number of aromatic nitrogens is 1. The van der Waals surface area contributed by atoms with Crippen molar-refractivity contribution < 1.29 is 9.21 Å². The van der Waals surface area contributed by atoms with Crippen molar-refractivity contribution in [2.75, 3.05) is 5.32 Å². The zero-order chi connectivity index (χ0) is 12.8. The lowest BCUT2D eigenvalue weighted by Crippen LogP contribution is -2.14. The second-order valence-electron chi connectivity index (χ2n) is 5.20. The Bertz CT molecular complexity index is 596. The number of nitrogens with one attached hydrogen (secondary N) is 1. The monoisotopic (exact) mass is 274 g/mol. The van der Waals surface area contributed by atoms with E-state index >= 15 is 0 Å². The average molecular weight is 274 g/mol. The molecule has 0 spiro atoms. The summed E-state index contributed by atoms with van der Waals surface area (Å²) in [4.78, 5) is 18.0. The number of aryl methyl sites for hydroxylation is 2. The lowest BCUT2D eigenvalue weighted by atomic mass is 10.2. The summed E-state index contributed by atoms with van der Waals surface area (Å²) in [5.74, 6) is 1.29. The fourth-order valence-corrected chi connectivity index (χ4v) is 3.80. The maximum absolute atomic E-state index is 12.1. The molecule has 19 heavy (non-hydrogen) atoms. The SMILES string of the molecule is O=C(Nc1nc2c(s1)CCC2)C1CC1c1ccco1. The van der Waals surface area contributed by atoms with Gasteiger partial charge in [-0.3, -0.25) is 4.79 Å². The number of nitrogens with zero attached hydrogens (tertiary/aromatic N) is 1. The van der Waals surface area contributed by atoms with E-state index in [4.69, 9.17) is 4.42 Å². The van der Waals surface area contributed by atoms with Crippen molar-refractivity contribution in [1.29, 1.82) is 0 Å². The first-order valence-electron chi connectivity index (χ1n) is 6.64. The van der Waals surface area contributed by atoms with Gasteiger partial charge in [0, 0.05) is 16.7 Å². The van der Waals surface area contributed by atoms with Gasteiger partial charge >= 0.3 is 0 Å². The zero-order valence-corrected chi connectivity index (χ0v) is 11.2. The minimum Gasteiger partial charge on any atom is -0.469 e. The van der Waals surface area contributed by atoms with Crippen molar-refractivity contribution in [3.05, 3.63) is 34.7 Å². The second kappa shape index (κ2) is 4.20. The third-order valence-electron chi connectivity index (χ3n) is 3.86. The van der Waals surface area contributed by atoms with Gasteiger partial charge in [-0.2, -0.15) is 0 Å². The highest BCUT2D eigenvalue weighted by Crippen LogP contribution is 2.48. The van der Waals surface area contributed by atoms with Gasteiger partial charge in [-0.25, -0.2) is 4.98 Å². The Hall–Kier alpha value is -1.62. The number of carbonyl (C=O) groups excluding carboxylic acids is 1. The fourth-order valence-electron chi connectivity index (χ4n) is 2.74. The van der Waals surface area contributed by atoms with Gasteiger partial charge in [0.1, 0.15) is 5.76 Å². The Morgan fingerprint density at radius 1 is 1.47 bits per heavy atom. The zero-order valence-electron chi connectivity index (χ0n) is 10.4. The average Bonchev–Trinajstić information content (AvgIpc) is 2.80. The lowest BCUT2D eigenvalue weighted by molar-refractivity contribution is -0.117. The number of thiazole rings is 1. The van der Waals surface area contributed by atoms with E-state index in [-0.39, 0.29) is 17.7 Å². The van der Waals surface area contributed by atoms with Crippen molar-refractivity contribution >= 4 is 22.4 Å². The number of carbonyl (C=O) groups is 1. The number of anilines is 1. The van der Waals surface area contributed by atoms with Crippen molar-refractivity contribution in [2.45, 2.75) is 31.6 Å². The van der Waals surface area contributed by atoms with Gasteiger partial charge in [-0.1, -0.05) is 0 Å². The molecule has 2 aromatic rings. The first kappa shape index (κ1) is 11.2. The normalized spacial score (nSPS) is 24.2. The molecule has 2 heterocycles. The summed E-state index contributed by atoms with van der Waals surface area (Å²) < 4.78 is 5.34. The highest BCUT2D eigenvalue weighted by molar-refractivity contribution is 7.15. The Balaban J connectivity index is 1.42. The third-order valence-corrected chi connectivity index (χ3v) is 4.93. The number of hydrogen-bond donors (Lipinski definition) is 1. The Morgan fingerprint density at radius 2 is 2.42 bits per heavy atom. The van der Waals surface area contributed by atoms with Crippen LogP contribution in [0.2, 0.25) is 0 Å². The summed E-state index contributed by atoms with van der Waals surface area (Å²) in [6.07, 6.45) is 5.91. The van der Waals surface area contributed by atoms with E-state index < -0.39 is 0 Å². The summed E-state index contributed by atoms with van der Waals surface area (Å²) in [6, 6.07) is 3.81. The van der Waals surface area contributed by atoms with Crippen LogP contribution in [0.4, 0.5) is 5.13 Å². The van der Waals surface area contributed by atoms with Crippen LogP contribution in [0.15, 0.2) is 22.8 Å². The Morgan fingerprint density at radius 3 is 3.21 bits per heavy atom. The molecule has 5 heteroatoms. The molecule has 0 aromatic carbocycles. The van der Waals surface area contributed by atoms with Crippen LogP contribution in [-0.2, 0) is 17.6 Å². The minimum atomic E-state index is 0.0462. The molecule has 4 rings (SSSR count). The molecule has 2 aromatic heterocycles. The van der Waals surface area contributed by atoms with Gasteiger partial charge in [0.05, 0.1) is 12.0 Å². The molecule has 2 atom stereocenters. The molecule has 1 fully saturated rings. The fraction of sp³-hybridized carbons (Fsp3) is 0.429. The second-order valence-corrected chi connectivity index (χ2v) is 6.28. The Kier molecular flexibility index (Phi) is 2.48. The van der Waals surface area contributed by atoms with E-state index in [0.29, 0.717) is 0 Å². The highest BCUT2D eigenvalue weighted by Gasteiger charge is 2.46. The van der Waals surface area contributed by atoms with Gasteiger partial charge in [0.25, 0.3) is 0 Å². The van der Waals surface area contributed by atoms with E-state index in [0.717, 1.165) is 30.2 Å². The Labute approximate surface area is 114 Å². The van der Waals surface area contributed by atoms with Crippen molar-refractivity contribution in [1.82, 2.24) is 4.98 Å². The predicted octanol–water partition coefficient (Wildman–Crippen LogP) is 2.97. The van der Waals surface area contributed by atoms with E-state index in [1.54, 1.807) is 17.6 Å². The molecule has 2 aliphatic rings. The number of hydrogen-bond acceptors (Lipinski definition) is 4. The van der Waals surface area contributed by atoms with Gasteiger partial charge < -0.3 is 9.73 Å². The molecule has 98 valence electrons. The highest BCUT2D eigenvalue weighted by atomic mass is 32.1. The maximum atomic E-state index is 12.1. The molecular weight excluding hydrogens is 260 g/mol. The standard InChI is InChI=1S/C14H14N2O2S/c17-13(9-7-8(9)11-4-2-6-18-11)16-14-15-10-3-1-5-12(10)19-14/h2,4,6,8-9H,1,3,5,7H2,(H,15,16,17). The van der Waals surface area contributed by atoms with E-state index in [2.05, 4.69) is 10.3 Å². The maximum Gasteiger partial charge on any atom is 0.230 e. The van der Waals surface area contributed by atoms with Crippen molar-refractivity contribution in [2.24, 2.45) is 5.92 Å². The van der Waals surface area contributed by atoms with Crippen LogP contribution in [0.5, 0.6) is 0 Å². The molecule has 1 saturated carbocycles. The van der Waals surface area contributed by atoms with E-state index in [1.807, 2.05) is 12.1 Å². The summed E-state index contributed by atoms with van der Waals surface area (Å²) >= 11 is 1.63. The van der Waals surface area contributed by atoms with Crippen LogP contribution in [0.25, 0.3) is 0 Å². The van der Waals surface area contributed by atoms with Crippen LogP contribution in [0.3, 0.4) is 0 Å². The van der Waals surface area contributed by atoms with Crippen LogP contribution in [0, 0.1) is 5.92 Å². The molecule has 1 N–H and O–H groups in total. The molecule has 0 radical (unpaired) electrons. The molecule has 4 nitrogen and oxygen atoms in total. The quantitative estimate of drug-likeness (QED) is 0.936. The van der Waals surface area contributed by atoms with Gasteiger partial charge in [-0.05, 0) is 37.8 Å². The predicted molar refractivity (Wildman–Crippen MR) is 72.3 cm³/mol. The summed E-state index contributed by atoms with van der Waals surface area (Å²) in [5.41, 5.74) is 1.18. The number of rotatable bonds is 3. The summed E-state index contributed by atoms with van der Waals surface area (Å²) in [5, 5.41) is 3.72. The number of amides is 1.